The second kappa shape index (κ2) is 5.31. The Hall–Kier alpha value is -2.18. The van der Waals surface area contributed by atoms with Crippen molar-refractivity contribution in [1.82, 2.24) is 24.5 Å². The fourth-order valence-corrected chi connectivity index (χ4v) is 2.68. The summed E-state index contributed by atoms with van der Waals surface area (Å²) in [7, 11) is 0. The molecule has 0 aliphatic carbocycles. The van der Waals surface area contributed by atoms with Gasteiger partial charge >= 0.3 is 0 Å². The van der Waals surface area contributed by atoms with Crippen molar-refractivity contribution in [3.05, 3.63) is 18.7 Å². The van der Waals surface area contributed by atoms with Crippen LogP contribution in [0.3, 0.4) is 0 Å². The van der Waals surface area contributed by atoms with Crippen molar-refractivity contribution in [3.63, 3.8) is 0 Å². The van der Waals surface area contributed by atoms with Gasteiger partial charge in [0.05, 0.1) is 0 Å². The third kappa shape index (κ3) is 2.68. The van der Waals surface area contributed by atoms with Crippen LogP contribution in [0.1, 0.15) is 33.6 Å². The Morgan fingerprint density at radius 2 is 2.05 bits per heavy atom. The monoisotopic (exact) mass is 287 g/mol. The zero-order chi connectivity index (χ0) is 14.9. The molecule has 1 aliphatic rings. The number of anilines is 2. The van der Waals surface area contributed by atoms with Crippen molar-refractivity contribution in [2.24, 2.45) is 0 Å². The molecule has 1 N–H and O–H groups in total. The Morgan fingerprint density at radius 1 is 1.24 bits per heavy atom. The minimum absolute atomic E-state index is 0.0804. The van der Waals surface area contributed by atoms with Crippen LogP contribution >= 0.6 is 0 Å². The zero-order valence-corrected chi connectivity index (χ0v) is 12.7. The molecule has 0 atom stereocenters. The molecule has 3 heterocycles. The van der Waals surface area contributed by atoms with Crippen molar-refractivity contribution < 1.29 is 0 Å². The van der Waals surface area contributed by atoms with Gasteiger partial charge in [0.25, 0.3) is 0 Å². The molecule has 0 saturated carbocycles. The van der Waals surface area contributed by atoms with E-state index in [1.165, 1.54) is 0 Å². The lowest BCUT2D eigenvalue weighted by molar-refractivity contribution is 0.509. The molecular formula is C14H21N7. The molecule has 7 heteroatoms. The Bertz CT molecular complexity index is 606. The van der Waals surface area contributed by atoms with Gasteiger partial charge in [0.2, 0.25) is 17.8 Å². The predicted molar refractivity (Wildman–Crippen MR) is 81.8 cm³/mol. The molecule has 0 aromatic carbocycles. The number of nitrogens with zero attached hydrogens (tertiary/aromatic N) is 6. The highest BCUT2D eigenvalue weighted by atomic mass is 15.4. The molecule has 21 heavy (non-hydrogen) atoms. The first-order valence-corrected chi connectivity index (χ1v) is 7.36. The largest absolute Gasteiger partial charge is 0.354 e. The van der Waals surface area contributed by atoms with Crippen LogP contribution in [0.4, 0.5) is 11.9 Å². The molecule has 112 valence electrons. The fourth-order valence-electron chi connectivity index (χ4n) is 2.68. The maximum absolute atomic E-state index is 4.62. The molecule has 2 aromatic heterocycles. The van der Waals surface area contributed by atoms with E-state index in [2.05, 4.69) is 44.0 Å². The summed E-state index contributed by atoms with van der Waals surface area (Å²) in [4.78, 5) is 20.0. The highest BCUT2D eigenvalue weighted by Gasteiger charge is 2.34. The van der Waals surface area contributed by atoms with E-state index in [0.29, 0.717) is 11.9 Å². The third-order valence-corrected chi connectivity index (χ3v) is 3.82. The van der Waals surface area contributed by atoms with Crippen LogP contribution in [-0.2, 0) is 0 Å². The highest BCUT2D eigenvalue weighted by molar-refractivity contribution is 5.43. The first-order chi connectivity index (χ1) is 10.1. The second-order valence-corrected chi connectivity index (χ2v) is 5.83. The molecule has 3 rings (SSSR count). The molecule has 0 radical (unpaired) electrons. The van der Waals surface area contributed by atoms with Crippen LogP contribution in [-0.4, -0.2) is 43.1 Å². The van der Waals surface area contributed by atoms with E-state index in [4.69, 9.17) is 0 Å². The van der Waals surface area contributed by atoms with Gasteiger partial charge in [0.15, 0.2) is 0 Å². The lowest BCUT2D eigenvalue weighted by Crippen LogP contribution is -2.39. The number of imidazole rings is 1. The van der Waals surface area contributed by atoms with Gasteiger partial charge in [-0.15, -0.1) is 0 Å². The van der Waals surface area contributed by atoms with E-state index < -0.39 is 0 Å². The van der Waals surface area contributed by atoms with Crippen LogP contribution in [0.15, 0.2) is 18.7 Å². The first-order valence-electron chi connectivity index (χ1n) is 7.36. The molecule has 0 bridgehead atoms. The molecular weight excluding hydrogens is 266 g/mol. The third-order valence-electron chi connectivity index (χ3n) is 3.82. The minimum atomic E-state index is 0.0804. The summed E-state index contributed by atoms with van der Waals surface area (Å²) in [6, 6.07) is 0. The van der Waals surface area contributed by atoms with E-state index >= 15 is 0 Å². The number of hydrogen-bond acceptors (Lipinski definition) is 6. The van der Waals surface area contributed by atoms with Gasteiger partial charge < -0.3 is 10.2 Å². The summed E-state index contributed by atoms with van der Waals surface area (Å²) in [5.74, 6) is 1.93. The lowest BCUT2D eigenvalue weighted by Gasteiger charge is -2.31. The molecule has 2 aromatic rings. The van der Waals surface area contributed by atoms with Crippen LogP contribution in [0.5, 0.6) is 0 Å². The van der Waals surface area contributed by atoms with Crippen LogP contribution in [0, 0.1) is 0 Å². The summed E-state index contributed by atoms with van der Waals surface area (Å²) in [5, 5.41) is 3.18. The second-order valence-electron chi connectivity index (χ2n) is 5.83. The summed E-state index contributed by atoms with van der Waals surface area (Å²) in [5.41, 5.74) is 0.0804. The van der Waals surface area contributed by atoms with Gasteiger partial charge in [0.1, 0.15) is 6.33 Å². The molecule has 1 saturated heterocycles. The summed E-state index contributed by atoms with van der Waals surface area (Å²) >= 11 is 0. The van der Waals surface area contributed by atoms with Crippen molar-refractivity contribution >= 4 is 11.9 Å². The van der Waals surface area contributed by atoms with Gasteiger partial charge in [-0.05, 0) is 33.6 Å². The Labute approximate surface area is 124 Å². The average molecular weight is 287 g/mol. The van der Waals surface area contributed by atoms with Gasteiger partial charge in [-0.2, -0.15) is 15.0 Å². The molecule has 7 nitrogen and oxygen atoms in total. The molecule has 0 spiro atoms. The van der Waals surface area contributed by atoms with Gasteiger partial charge in [0, 0.05) is 31.0 Å². The summed E-state index contributed by atoms with van der Waals surface area (Å²) in [6.45, 7) is 8.24. The zero-order valence-electron chi connectivity index (χ0n) is 12.7. The van der Waals surface area contributed by atoms with E-state index in [1.54, 1.807) is 17.1 Å². The molecule has 1 fully saturated rings. The minimum Gasteiger partial charge on any atom is -0.354 e. The number of rotatable bonds is 4. The quantitative estimate of drug-likeness (QED) is 0.925. The fraction of sp³-hybridized carbons (Fsp3) is 0.571. The maximum Gasteiger partial charge on any atom is 0.241 e. The van der Waals surface area contributed by atoms with Crippen molar-refractivity contribution in [2.45, 2.75) is 39.2 Å². The first kappa shape index (κ1) is 13.8. The number of hydrogen-bond donors (Lipinski definition) is 1. The number of nitrogens with one attached hydrogen (secondary N) is 1. The Balaban J connectivity index is 2.03. The van der Waals surface area contributed by atoms with Crippen molar-refractivity contribution in [2.75, 3.05) is 23.3 Å². The molecule has 1 aliphatic heterocycles. The van der Waals surface area contributed by atoms with Gasteiger partial charge in [-0.25, -0.2) is 4.98 Å². The lowest BCUT2D eigenvalue weighted by atomic mass is 10.0. The van der Waals surface area contributed by atoms with Crippen LogP contribution in [0.25, 0.3) is 5.95 Å². The SMILES string of the molecule is CCNc1nc(N2CCCC2(C)C)nc(-n2ccnc2)n1. The van der Waals surface area contributed by atoms with E-state index in [9.17, 15) is 0 Å². The maximum atomic E-state index is 4.62. The topological polar surface area (TPSA) is 71.8 Å². The molecule has 0 unspecified atom stereocenters. The predicted octanol–water partition coefficient (Wildman–Crippen LogP) is 1.87. The summed E-state index contributed by atoms with van der Waals surface area (Å²) in [6.07, 6.45) is 7.56. The Morgan fingerprint density at radius 3 is 2.67 bits per heavy atom. The van der Waals surface area contributed by atoms with Gasteiger partial charge in [-0.1, -0.05) is 0 Å². The van der Waals surface area contributed by atoms with Crippen LogP contribution < -0.4 is 10.2 Å². The van der Waals surface area contributed by atoms with Crippen LogP contribution in [0.2, 0.25) is 0 Å². The normalized spacial score (nSPS) is 17.2. The van der Waals surface area contributed by atoms with E-state index in [1.807, 2.05) is 13.1 Å². The summed E-state index contributed by atoms with van der Waals surface area (Å²) < 4.78 is 1.80. The van der Waals surface area contributed by atoms with E-state index in [0.717, 1.165) is 31.9 Å². The molecule has 0 amide bonds. The smallest absolute Gasteiger partial charge is 0.241 e. The van der Waals surface area contributed by atoms with Crippen molar-refractivity contribution in [3.8, 4) is 5.95 Å². The van der Waals surface area contributed by atoms with Crippen molar-refractivity contribution in [1.29, 1.82) is 0 Å². The number of aromatic nitrogens is 5. The average Bonchev–Trinajstić information content (AvgIpc) is 3.07. The van der Waals surface area contributed by atoms with E-state index in [-0.39, 0.29) is 5.54 Å². The van der Waals surface area contributed by atoms with Gasteiger partial charge in [-0.3, -0.25) is 4.57 Å². The highest BCUT2D eigenvalue weighted by Crippen LogP contribution is 2.31. The standard InChI is InChI=1S/C14H21N7/c1-4-16-11-17-12(20-9-7-15-10-20)19-13(18-11)21-8-5-6-14(21,2)3/h7,9-10H,4-6,8H2,1-3H3,(H,16,17,18,19). The Kier molecular flexibility index (Phi) is 3.48.